The van der Waals surface area contributed by atoms with Crippen molar-refractivity contribution in [2.45, 2.75) is 84.2 Å². The lowest BCUT2D eigenvalue weighted by atomic mass is 9.89. The van der Waals surface area contributed by atoms with Gasteiger partial charge in [-0.25, -0.2) is 5.01 Å². The van der Waals surface area contributed by atoms with Gasteiger partial charge >= 0.3 is 0 Å². The molecular formula is C21H32N2O2. The molecule has 2 fully saturated rings. The average Bonchev–Trinajstić information content (AvgIpc) is 2.94. The van der Waals surface area contributed by atoms with E-state index in [0.29, 0.717) is 24.6 Å². The molecule has 1 aromatic carbocycles. The van der Waals surface area contributed by atoms with Crippen molar-refractivity contribution in [3.8, 4) is 0 Å². The fraction of sp³-hybridized carbons (Fsp3) is 0.667. The molecule has 25 heavy (non-hydrogen) atoms. The maximum atomic E-state index is 12.9. The number of carbonyl (C=O) groups excluding carboxylic acids is 1. The molecule has 2 saturated heterocycles. The van der Waals surface area contributed by atoms with Crippen molar-refractivity contribution in [2.75, 3.05) is 0 Å². The van der Waals surface area contributed by atoms with Gasteiger partial charge in [-0.05, 0) is 44.6 Å². The number of hydrazine groups is 1. The molecule has 0 bridgehead atoms. The summed E-state index contributed by atoms with van der Waals surface area (Å²) in [6.07, 6.45) is 4.17. The highest BCUT2D eigenvalue weighted by Crippen LogP contribution is 2.37. The van der Waals surface area contributed by atoms with Crippen molar-refractivity contribution in [2.24, 2.45) is 5.92 Å². The number of ether oxygens (including phenoxy) is 1. The molecule has 0 spiro atoms. The number of hydrogen-bond donors (Lipinski definition) is 0. The van der Waals surface area contributed by atoms with E-state index in [1.54, 1.807) is 0 Å². The Morgan fingerprint density at radius 2 is 1.80 bits per heavy atom. The summed E-state index contributed by atoms with van der Waals surface area (Å²) < 4.78 is 6.08. The van der Waals surface area contributed by atoms with Gasteiger partial charge in [0.1, 0.15) is 0 Å². The summed E-state index contributed by atoms with van der Waals surface area (Å²) in [6, 6.07) is 11.2. The van der Waals surface area contributed by atoms with E-state index < -0.39 is 0 Å². The molecular weight excluding hydrogens is 312 g/mol. The Bertz CT molecular complexity index is 567. The lowest BCUT2D eigenvalue weighted by molar-refractivity contribution is -0.222. The largest absolute Gasteiger partial charge is 0.361 e. The molecule has 0 saturated carbocycles. The predicted molar refractivity (Wildman–Crippen MR) is 99.7 cm³/mol. The van der Waals surface area contributed by atoms with Crippen LogP contribution in [0.15, 0.2) is 30.3 Å². The Labute approximate surface area is 152 Å². The van der Waals surface area contributed by atoms with Crippen molar-refractivity contribution < 1.29 is 9.53 Å². The molecule has 0 aromatic heterocycles. The van der Waals surface area contributed by atoms with Crippen molar-refractivity contribution in [1.82, 2.24) is 10.0 Å². The van der Waals surface area contributed by atoms with Crippen LogP contribution in [0.1, 0.15) is 58.9 Å². The van der Waals surface area contributed by atoms with Crippen LogP contribution in [0.4, 0.5) is 0 Å². The minimum absolute atomic E-state index is 0.143. The van der Waals surface area contributed by atoms with E-state index in [-0.39, 0.29) is 18.1 Å². The molecule has 1 amide bonds. The first kappa shape index (κ1) is 18.4. The lowest BCUT2D eigenvalue weighted by Crippen LogP contribution is -2.72. The molecule has 4 heteroatoms. The number of carbonyl (C=O) groups is 1. The third-order valence-electron chi connectivity index (χ3n) is 5.90. The summed E-state index contributed by atoms with van der Waals surface area (Å²) >= 11 is 0. The smallest absolute Gasteiger partial charge is 0.268 e. The minimum Gasteiger partial charge on any atom is -0.361 e. The van der Waals surface area contributed by atoms with Gasteiger partial charge in [-0.3, -0.25) is 9.80 Å². The van der Waals surface area contributed by atoms with Crippen LogP contribution in [0.3, 0.4) is 0 Å². The number of nitrogens with zero attached hydrogens (tertiary/aromatic N) is 2. The van der Waals surface area contributed by atoms with Gasteiger partial charge in [0.05, 0.1) is 12.6 Å². The first-order chi connectivity index (χ1) is 12.0. The van der Waals surface area contributed by atoms with E-state index in [0.717, 1.165) is 31.2 Å². The number of benzene rings is 1. The van der Waals surface area contributed by atoms with E-state index in [1.165, 1.54) is 0 Å². The number of rotatable bonds is 7. The maximum Gasteiger partial charge on any atom is 0.268 e. The summed E-state index contributed by atoms with van der Waals surface area (Å²) in [6.45, 7) is 9.46. The standard InChI is InChI=1S/C21H32N2O2/c1-5-15(2)13-19-20(25-14-18-9-7-6-8-10-18)21(24)23(19)22-16(3)11-12-17(22)4/h6-10,15-17,19-20H,5,11-14H2,1-4H3/t15?,16-,17-,19+,20-/m1/s1. The molecule has 0 radical (unpaired) electrons. The topological polar surface area (TPSA) is 32.8 Å². The van der Waals surface area contributed by atoms with Gasteiger partial charge < -0.3 is 4.74 Å². The zero-order chi connectivity index (χ0) is 18.0. The minimum atomic E-state index is -0.297. The average molecular weight is 344 g/mol. The van der Waals surface area contributed by atoms with E-state index in [9.17, 15) is 4.79 Å². The van der Waals surface area contributed by atoms with Gasteiger partial charge in [-0.2, -0.15) is 0 Å². The molecule has 2 aliphatic rings. The van der Waals surface area contributed by atoms with Crippen LogP contribution in [-0.2, 0) is 16.1 Å². The lowest BCUT2D eigenvalue weighted by Gasteiger charge is -2.53. The molecule has 2 heterocycles. The summed E-state index contributed by atoms with van der Waals surface area (Å²) in [5.41, 5.74) is 1.12. The van der Waals surface area contributed by atoms with E-state index >= 15 is 0 Å². The molecule has 3 rings (SSSR count). The van der Waals surface area contributed by atoms with Crippen LogP contribution in [0.25, 0.3) is 0 Å². The predicted octanol–water partition coefficient (Wildman–Crippen LogP) is 4.01. The van der Waals surface area contributed by atoms with Gasteiger partial charge in [0, 0.05) is 12.1 Å². The highest BCUT2D eigenvalue weighted by Gasteiger charge is 2.53. The van der Waals surface area contributed by atoms with Gasteiger partial charge in [-0.1, -0.05) is 50.6 Å². The number of β-lactam (4-membered cyclic amide) rings is 1. The fourth-order valence-electron chi connectivity index (χ4n) is 4.14. The van der Waals surface area contributed by atoms with E-state index in [1.807, 2.05) is 23.2 Å². The number of amides is 1. The molecule has 138 valence electrons. The molecule has 4 nitrogen and oxygen atoms in total. The first-order valence-electron chi connectivity index (χ1n) is 9.79. The van der Waals surface area contributed by atoms with Crippen molar-refractivity contribution in [3.63, 3.8) is 0 Å². The Morgan fingerprint density at radius 3 is 2.40 bits per heavy atom. The summed E-state index contributed by atoms with van der Waals surface area (Å²) in [5, 5.41) is 4.35. The van der Waals surface area contributed by atoms with Crippen LogP contribution in [0.5, 0.6) is 0 Å². The van der Waals surface area contributed by atoms with E-state index in [2.05, 4.69) is 44.8 Å². The zero-order valence-corrected chi connectivity index (χ0v) is 16.0. The Morgan fingerprint density at radius 1 is 1.16 bits per heavy atom. The second kappa shape index (κ2) is 7.88. The molecule has 0 aliphatic carbocycles. The Balaban J connectivity index is 1.70. The SMILES string of the molecule is CCC(C)C[C@H]1[C@@H](OCc2ccccc2)C(=O)N1N1[C@H](C)CC[C@H]1C. The fourth-order valence-corrected chi connectivity index (χ4v) is 4.14. The van der Waals surface area contributed by atoms with Crippen LogP contribution < -0.4 is 0 Å². The van der Waals surface area contributed by atoms with E-state index in [4.69, 9.17) is 4.74 Å². The monoisotopic (exact) mass is 344 g/mol. The molecule has 1 unspecified atom stereocenters. The Kier molecular flexibility index (Phi) is 5.80. The van der Waals surface area contributed by atoms with Gasteiger partial charge in [0.15, 0.2) is 6.10 Å². The van der Waals surface area contributed by atoms with Crippen LogP contribution in [0, 0.1) is 5.92 Å². The molecule has 1 aromatic rings. The summed E-state index contributed by atoms with van der Waals surface area (Å²) in [4.78, 5) is 12.9. The normalized spacial score (nSPS) is 31.2. The van der Waals surface area contributed by atoms with Gasteiger partial charge in [0.25, 0.3) is 5.91 Å². The van der Waals surface area contributed by atoms with Gasteiger partial charge in [0.2, 0.25) is 0 Å². The zero-order valence-electron chi connectivity index (χ0n) is 16.0. The van der Waals surface area contributed by atoms with Gasteiger partial charge in [-0.15, -0.1) is 0 Å². The maximum absolute atomic E-state index is 12.9. The molecule has 5 atom stereocenters. The van der Waals surface area contributed by atoms with Crippen molar-refractivity contribution in [1.29, 1.82) is 0 Å². The second-order valence-corrected chi connectivity index (χ2v) is 7.87. The molecule has 2 aliphatic heterocycles. The molecule has 0 N–H and O–H groups in total. The third kappa shape index (κ3) is 3.75. The summed E-state index contributed by atoms with van der Waals surface area (Å²) in [5.74, 6) is 0.737. The van der Waals surface area contributed by atoms with Crippen molar-refractivity contribution >= 4 is 5.91 Å². The highest BCUT2D eigenvalue weighted by atomic mass is 16.5. The van der Waals surface area contributed by atoms with Crippen LogP contribution >= 0.6 is 0 Å². The van der Waals surface area contributed by atoms with Crippen molar-refractivity contribution in [3.05, 3.63) is 35.9 Å². The van der Waals surface area contributed by atoms with Crippen LogP contribution in [-0.4, -0.2) is 40.2 Å². The quantitative estimate of drug-likeness (QED) is 0.701. The second-order valence-electron chi connectivity index (χ2n) is 7.87. The highest BCUT2D eigenvalue weighted by molar-refractivity contribution is 5.88. The Hall–Kier alpha value is -1.39. The number of hydrogen-bond acceptors (Lipinski definition) is 3. The summed E-state index contributed by atoms with van der Waals surface area (Å²) in [7, 11) is 0. The first-order valence-corrected chi connectivity index (χ1v) is 9.79. The third-order valence-corrected chi connectivity index (χ3v) is 5.90. The van der Waals surface area contributed by atoms with Crippen LogP contribution in [0.2, 0.25) is 0 Å².